The first-order valence-electron chi connectivity index (χ1n) is 8.21. The van der Waals surface area contributed by atoms with Gasteiger partial charge in [-0.2, -0.15) is 5.26 Å². The molecule has 0 amide bonds. The zero-order valence-corrected chi connectivity index (χ0v) is 14.4. The van der Waals surface area contributed by atoms with Gasteiger partial charge in [0.05, 0.1) is 18.6 Å². The molecule has 6 heteroatoms. The predicted octanol–water partition coefficient (Wildman–Crippen LogP) is 2.84. The minimum Gasteiger partial charge on any atom is -0.497 e. The average Bonchev–Trinajstić information content (AvgIpc) is 2.71. The number of nitrogens with two attached hydrogens (primary N) is 1. The zero-order valence-electron chi connectivity index (χ0n) is 14.4. The summed E-state index contributed by atoms with van der Waals surface area (Å²) in [5.74, 6) is -1.32. The van der Waals surface area contributed by atoms with Gasteiger partial charge in [0.2, 0.25) is 11.7 Å². The van der Waals surface area contributed by atoms with Crippen molar-refractivity contribution in [3.8, 4) is 11.8 Å². The van der Waals surface area contributed by atoms with E-state index in [-0.39, 0.29) is 39.7 Å². The molecule has 0 unspecified atom stereocenters. The van der Waals surface area contributed by atoms with Crippen LogP contribution in [0.2, 0.25) is 0 Å². The Bertz CT molecular complexity index is 1110. The summed E-state index contributed by atoms with van der Waals surface area (Å²) < 4.78 is 10.7. The number of rotatable bonds is 2. The number of nitrogens with zero attached hydrogens (tertiary/aromatic N) is 1. The van der Waals surface area contributed by atoms with Crippen molar-refractivity contribution >= 4 is 11.6 Å². The van der Waals surface area contributed by atoms with Gasteiger partial charge in [-0.25, -0.2) is 0 Å². The smallest absolute Gasteiger partial charge is 0.229 e. The van der Waals surface area contributed by atoms with Crippen molar-refractivity contribution in [2.45, 2.75) is 5.92 Å². The van der Waals surface area contributed by atoms with Gasteiger partial charge in [-0.1, -0.05) is 36.4 Å². The number of ether oxygens (including phenoxy) is 2. The summed E-state index contributed by atoms with van der Waals surface area (Å²) in [6.45, 7) is 0. The summed E-state index contributed by atoms with van der Waals surface area (Å²) in [4.78, 5) is 26.1. The number of carbonyl (C=O) groups excluding carboxylic acids is 2. The summed E-state index contributed by atoms with van der Waals surface area (Å²) in [5.41, 5.74) is 7.30. The third kappa shape index (κ3) is 2.41. The number of hydrogen-bond donors (Lipinski definition) is 1. The summed E-state index contributed by atoms with van der Waals surface area (Å²) in [6, 6.07) is 15.5. The molecule has 0 radical (unpaired) electrons. The molecule has 2 aromatic rings. The second-order valence-electron chi connectivity index (χ2n) is 6.15. The summed E-state index contributed by atoms with van der Waals surface area (Å²) in [5, 5.41) is 9.64. The summed E-state index contributed by atoms with van der Waals surface area (Å²) >= 11 is 0. The Morgan fingerprint density at radius 3 is 2.44 bits per heavy atom. The molecule has 1 aliphatic carbocycles. The predicted molar refractivity (Wildman–Crippen MR) is 95.8 cm³/mol. The Balaban J connectivity index is 1.97. The van der Waals surface area contributed by atoms with Crippen molar-refractivity contribution in [1.82, 2.24) is 0 Å². The summed E-state index contributed by atoms with van der Waals surface area (Å²) in [7, 11) is 1.52. The Labute approximate surface area is 155 Å². The van der Waals surface area contributed by atoms with Gasteiger partial charge in [0.25, 0.3) is 0 Å². The van der Waals surface area contributed by atoms with E-state index in [0.29, 0.717) is 11.3 Å². The normalized spacial score (nSPS) is 18.4. The van der Waals surface area contributed by atoms with E-state index < -0.39 is 11.7 Å². The highest BCUT2D eigenvalue weighted by molar-refractivity contribution is 6.27. The molecule has 6 nitrogen and oxygen atoms in total. The van der Waals surface area contributed by atoms with Crippen LogP contribution in [-0.4, -0.2) is 18.7 Å². The highest BCUT2D eigenvalue weighted by Gasteiger charge is 2.43. The van der Waals surface area contributed by atoms with Gasteiger partial charge in [0.1, 0.15) is 17.4 Å². The van der Waals surface area contributed by atoms with Crippen LogP contribution in [0.3, 0.4) is 0 Å². The van der Waals surface area contributed by atoms with Crippen LogP contribution in [0.25, 0.3) is 0 Å². The molecular weight excluding hydrogens is 344 g/mol. The minimum absolute atomic E-state index is 0.0857. The molecule has 2 N–H and O–H groups in total. The van der Waals surface area contributed by atoms with Crippen molar-refractivity contribution in [3.63, 3.8) is 0 Å². The molecule has 0 bridgehead atoms. The standard InChI is InChI=1S/C21H14N2O4/c1-26-12-6-4-5-11(9-12)16-15(10-22)21(23)27-20-17(16)18(24)13-7-2-3-8-14(13)19(20)25/h2-9,16H,23H2,1H3/t16-/m1/s1. The molecule has 0 saturated carbocycles. The first-order chi connectivity index (χ1) is 13.1. The monoisotopic (exact) mass is 358 g/mol. The van der Waals surface area contributed by atoms with Crippen LogP contribution in [0.5, 0.6) is 5.75 Å². The van der Waals surface area contributed by atoms with E-state index in [1.54, 1.807) is 48.5 Å². The van der Waals surface area contributed by atoms with Gasteiger partial charge < -0.3 is 15.2 Å². The van der Waals surface area contributed by atoms with Crippen LogP contribution in [-0.2, 0) is 4.74 Å². The Morgan fingerprint density at radius 2 is 1.78 bits per heavy atom. The Hall–Kier alpha value is -3.85. The number of carbonyl (C=O) groups is 2. The third-order valence-corrected chi connectivity index (χ3v) is 4.71. The van der Waals surface area contributed by atoms with E-state index >= 15 is 0 Å². The maximum absolute atomic E-state index is 13.2. The quantitative estimate of drug-likeness (QED) is 0.885. The van der Waals surface area contributed by atoms with Crippen LogP contribution in [0, 0.1) is 11.3 Å². The SMILES string of the molecule is COc1cccc([C@@H]2C(C#N)=C(N)OC3=C2C(=O)c2ccccc2C3=O)c1. The van der Waals surface area contributed by atoms with Crippen LogP contribution >= 0.6 is 0 Å². The number of benzene rings is 2. The molecule has 0 saturated heterocycles. The number of Topliss-reactive ketones (excluding diaryl/α,β-unsaturated/α-hetero) is 2. The number of hydrogen-bond acceptors (Lipinski definition) is 6. The Morgan fingerprint density at radius 1 is 1.07 bits per heavy atom. The number of allylic oxidation sites excluding steroid dienone is 3. The van der Waals surface area contributed by atoms with E-state index in [1.807, 2.05) is 6.07 Å². The number of nitriles is 1. The highest BCUT2D eigenvalue weighted by Crippen LogP contribution is 2.44. The molecule has 1 heterocycles. The van der Waals surface area contributed by atoms with Crippen LogP contribution < -0.4 is 10.5 Å². The lowest BCUT2D eigenvalue weighted by atomic mass is 9.75. The molecule has 0 aromatic heterocycles. The fourth-order valence-electron chi connectivity index (χ4n) is 3.46. The van der Waals surface area contributed by atoms with Crippen molar-refractivity contribution in [3.05, 3.63) is 88.0 Å². The van der Waals surface area contributed by atoms with Crippen LogP contribution in [0.1, 0.15) is 32.2 Å². The molecule has 2 aliphatic rings. The second kappa shape index (κ2) is 6.15. The molecule has 1 aliphatic heterocycles. The van der Waals surface area contributed by atoms with Gasteiger partial charge in [0, 0.05) is 11.1 Å². The van der Waals surface area contributed by atoms with Crippen molar-refractivity contribution < 1.29 is 19.1 Å². The second-order valence-corrected chi connectivity index (χ2v) is 6.15. The first kappa shape index (κ1) is 16.6. The Kier molecular flexibility index (Phi) is 3.78. The fourth-order valence-corrected chi connectivity index (χ4v) is 3.46. The van der Waals surface area contributed by atoms with Gasteiger partial charge in [-0.15, -0.1) is 0 Å². The summed E-state index contributed by atoms with van der Waals surface area (Å²) in [6.07, 6.45) is 0. The van der Waals surface area contributed by atoms with Gasteiger partial charge in [-0.3, -0.25) is 9.59 Å². The fraction of sp³-hybridized carbons (Fsp3) is 0.0952. The van der Waals surface area contributed by atoms with E-state index in [2.05, 4.69) is 0 Å². The lowest BCUT2D eigenvalue weighted by Gasteiger charge is -2.31. The van der Waals surface area contributed by atoms with Crippen molar-refractivity contribution in [2.75, 3.05) is 7.11 Å². The number of methoxy groups -OCH3 is 1. The van der Waals surface area contributed by atoms with Crippen molar-refractivity contribution in [1.29, 1.82) is 5.26 Å². The molecule has 27 heavy (non-hydrogen) atoms. The minimum atomic E-state index is -0.807. The maximum Gasteiger partial charge on any atom is 0.229 e. The molecule has 0 spiro atoms. The highest BCUT2D eigenvalue weighted by atomic mass is 16.5. The maximum atomic E-state index is 13.2. The van der Waals surface area contributed by atoms with Gasteiger partial charge in [0.15, 0.2) is 11.5 Å². The van der Waals surface area contributed by atoms with E-state index in [4.69, 9.17) is 15.2 Å². The lowest BCUT2D eigenvalue weighted by molar-refractivity contribution is 0.0897. The molecule has 2 aromatic carbocycles. The number of fused-ring (bicyclic) bond motifs is 1. The molecular formula is C21H14N2O4. The van der Waals surface area contributed by atoms with Gasteiger partial charge in [-0.05, 0) is 17.7 Å². The van der Waals surface area contributed by atoms with Crippen LogP contribution in [0.4, 0.5) is 0 Å². The van der Waals surface area contributed by atoms with Crippen LogP contribution in [0.15, 0.2) is 71.3 Å². The largest absolute Gasteiger partial charge is 0.497 e. The molecule has 132 valence electrons. The van der Waals surface area contributed by atoms with Gasteiger partial charge >= 0.3 is 0 Å². The van der Waals surface area contributed by atoms with E-state index in [0.717, 1.165) is 0 Å². The number of ketones is 2. The lowest BCUT2D eigenvalue weighted by Crippen LogP contribution is -2.32. The average molecular weight is 358 g/mol. The van der Waals surface area contributed by atoms with Crippen molar-refractivity contribution in [2.24, 2.45) is 5.73 Å². The van der Waals surface area contributed by atoms with E-state index in [9.17, 15) is 14.9 Å². The zero-order chi connectivity index (χ0) is 19.1. The molecule has 1 atom stereocenters. The molecule has 4 rings (SSSR count). The molecule has 0 fully saturated rings. The third-order valence-electron chi connectivity index (χ3n) is 4.71. The first-order valence-corrected chi connectivity index (χ1v) is 8.21. The topological polar surface area (TPSA) is 102 Å². The van der Waals surface area contributed by atoms with E-state index in [1.165, 1.54) is 7.11 Å².